The zero-order valence-corrected chi connectivity index (χ0v) is 13.9. The number of methoxy groups -OCH3 is 1. The van der Waals surface area contributed by atoms with Crippen LogP contribution in [0.25, 0.3) is 0 Å². The van der Waals surface area contributed by atoms with Crippen LogP contribution in [-0.2, 0) is 15.9 Å². The highest BCUT2D eigenvalue weighted by Crippen LogP contribution is 2.26. The van der Waals surface area contributed by atoms with Gasteiger partial charge < -0.3 is 19.5 Å². The van der Waals surface area contributed by atoms with Gasteiger partial charge in [0.25, 0.3) is 0 Å². The molecule has 20 heavy (non-hydrogen) atoms. The van der Waals surface area contributed by atoms with Gasteiger partial charge in [0.1, 0.15) is 5.75 Å². The molecule has 4 nitrogen and oxygen atoms in total. The molecule has 0 fully saturated rings. The molecule has 0 aliphatic heterocycles. The SMILES string of the molecule is CCOc1ccc(CCOCCNCCOC)cc1Br. The van der Waals surface area contributed by atoms with Crippen LogP contribution in [0.1, 0.15) is 12.5 Å². The van der Waals surface area contributed by atoms with E-state index in [-0.39, 0.29) is 0 Å². The fraction of sp³-hybridized carbons (Fsp3) is 0.600. The molecule has 0 aromatic heterocycles. The molecule has 0 radical (unpaired) electrons. The summed E-state index contributed by atoms with van der Waals surface area (Å²) in [6, 6.07) is 6.16. The molecule has 0 bridgehead atoms. The highest BCUT2D eigenvalue weighted by molar-refractivity contribution is 9.10. The molecule has 1 aromatic rings. The van der Waals surface area contributed by atoms with Crippen molar-refractivity contribution in [3.63, 3.8) is 0 Å². The lowest BCUT2D eigenvalue weighted by atomic mass is 10.1. The van der Waals surface area contributed by atoms with Crippen LogP contribution in [0, 0.1) is 0 Å². The van der Waals surface area contributed by atoms with Crippen LogP contribution >= 0.6 is 15.9 Å². The minimum absolute atomic E-state index is 0.678. The van der Waals surface area contributed by atoms with Gasteiger partial charge in [0.15, 0.2) is 0 Å². The Morgan fingerprint density at radius 1 is 1.15 bits per heavy atom. The van der Waals surface area contributed by atoms with Gasteiger partial charge >= 0.3 is 0 Å². The first-order chi connectivity index (χ1) is 9.77. The fourth-order valence-corrected chi connectivity index (χ4v) is 2.25. The Hall–Kier alpha value is -0.620. The van der Waals surface area contributed by atoms with Crippen molar-refractivity contribution in [1.29, 1.82) is 0 Å². The Morgan fingerprint density at radius 2 is 1.95 bits per heavy atom. The topological polar surface area (TPSA) is 39.7 Å². The minimum Gasteiger partial charge on any atom is -0.493 e. The normalized spacial score (nSPS) is 10.8. The summed E-state index contributed by atoms with van der Waals surface area (Å²) in [6.07, 6.45) is 0.906. The first-order valence-electron chi connectivity index (χ1n) is 6.96. The Labute approximate surface area is 129 Å². The third kappa shape index (κ3) is 7.24. The van der Waals surface area contributed by atoms with Crippen molar-refractivity contribution in [2.75, 3.05) is 46.6 Å². The van der Waals surface area contributed by atoms with Gasteiger partial charge in [-0.05, 0) is 47.0 Å². The average molecular weight is 346 g/mol. The zero-order chi connectivity index (χ0) is 14.6. The molecule has 0 saturated heterocycles. The highest BCUT2D eigenvalue weighted by atomic mass is 79.9. The van der Waals surface area contributed by atoms with Gasteiger partial charge in [-0.2, -0.15) is 0 Å². The minimum atomic E-state index is 0.678. The van der Waals surface area contributed by atoms with Crippen molar-refractivity contribution >= 4 is 15.9 Å². The summed E-state index contributed by atoms with van der Waals surface area (Å²) in [4.78, 5) is 0. The number of ether oxygens (including phenoxy) is 3. The quantitative estimate of drug-likeness (QED) is 0.626. The molecule has 0 unspecified atom stereocenters. The molecule has 0 amide bonds. The molecule has 1 aromatic carbocycles. The average Bonchev–Trinajstić information content (AvgIpc) is 2.45. The molecule has 5 heteroatoms. The molecule has 0 saturated carbocycles. The summed E-state index contributed by atoms with van der Waals surface area (Å²) in [5.41, 5.74) is 1.24. The van der Waals surface area contributed by atoms with E-state index in [1.165, 1.54) is 5.56 Å². The van der Waals surface area contributed by atoms with Crippen molar-refractivity contribution in [2.45, 2.75) is 13.3 Å². The van der Waals surface area contributed by atoms with Crippen molar-refractivity contribution in [3.05, 3.63) is 28.2 Å². The van der Waals surface area contributed by atoms with Crippen LogP contribution in [0.4, 0.5) is 0 Å². The zero-order valence-electron chi connectivity index (χ0n) is 12.3. The van der Waals surface area contributed by atoms with E-state index < -0.39 is 0 Å². The van der Waals surface area contributed by atoms with Gasteiger partial charge in [0, 0.05) is 20.2 Å². The third-order valence-corrected chi connectivity index (χ3v) is 3.36. The van der Waals surface area contributed by atoms with Crippen molar-refractivity contribution in [3.8, 4) is 5.75 Å². The predicted octanol–water partition coefficient (Wildman–Crippen LogP) is 2.64. The van der Waals surface area contributed by atoms with Crippen molar-refractivity contribution in [2.24, 2.45) is 0 Å². The maximum absolute atomic E-state index is 5.59. The second-order valence-electron chi connectivity index (χ2n) is 4.30. The number of benzene rings is 1. The van der Waals surface area contributed by atoms with Gasteiger partial charge in [-0.25, -0.2) is 0 Å². The predicted molar refractivity (Wildman–Crippen MR) is 84.6 cm³/mol. The Balaban J connectivity index is 2.14. The first kappa shape index (κ1) is 17.4. The molecule has 0 aliphatic rings. The summed E-state index contributed by atoms with van der Waals surface area (Å²) in [7, 11) is 1.70. The molecule has 1 N–H and O–H groups in total. The summed E-state index contributed by atoms with van der Waals surface area (Å²) < 4.78 is 17.0. The lowest BCUT2D eigenvalue weighted by Crippen LogP contribution is -2.23. The van der Waals surface area contributed by atoms with Gasteiger partial charge in [-0.1, -0.05) is 6.07 Å². The standard InChI is InChI=1S/C15H24BrNO3/c1-3-20-15-5-4-13(12-14(15)16)6-9-19-11-8-17-7-10-18-2/h4-5,12,17H,3,6-11H2,1-2H3. The molecule has 0 atom stereocenters. The summed E-state index contributed by atoms with van der Waals surface area (Å²) >= 11 is 3.52. The fourth-order valence-electron chi connectivity index (χ4n) is 1.71. The molecule has 1 rings (SSSR count). The van der Waals surface area contributed by atoms with Gasteiger partial charge in [-0.15, -0.1) is 0 Å². The highest BCUT2D eigenvalue weighted by Gasteiger charge is 2.02. The summed E-state index contributed by atoms with van der Waals surface area (Å²) in [6.45, 7) is 6.57. The molecular weight excluding hydrogens is 322 g/mol. The lowest BCUT2D eigenvalue weighted by molar-refractivity contribution is 0.135. The lowest BCUT2D eigenvalue weighted by Gasteiger charge is -2.09. The van der Waals surface area contributed by atoms with Crippen LogP contribution < -0.4 is 10.1 Å². The Kier molecular flexibility index (Phi) is 9.66. The number of hydrogen-bond acceptors (Lipinski definition) is 4. The third-order valence-electron chi connectivity index (χ3n) is 2.74. The van der Waals surface area contributed by atoms with E-state index in [0.29, 0.717) is 6.61 Å². The number of rotatable bonds is 11. The van der Waals surface area contributed by atoms with E-state index >= 15 is 0 Å². The molecule has 114 valence electrons. The number of hydrogen-bond donors (Lipinski definition) is 1. The monoisotopic (exact) mass is 345 g/mol. The largest absolute Gasteiger partial charge is 0.493 e. The van der Waals surface area contributed by atoms with Crippen LogP contribution in [0.5, 0.6) is 5.75 Å². The maximum atomic E-state index is 5.59. The Morgan fingerprint density at radius 3 is 2.65 bits per heavy atom. The first-order valence-corrected chi connectivity index (χ1v) is 7.75. The van der Waals surface area contributed by atoms with Crippen molar-refractivity contribution in [1.82, 2.24) is 5.32 Å². The van der Waals surface area contributed by atoms with E-state index in [1.54, 1.807) is 7.11 Å². The molecule has 0 heterocycles. The van der Waals surface area contributed by atoms with Crippen LogP contribution in [0.15, 0.2) is 22.7 Å². The van der Waals surface area contributed by atoms with E-state index in [2.05, 4.69) is 33.4 Å². The van der Waals surface area contributed by atoms with Gasteiger partial charge in [-0.3, -0.25) is 0 Å². The van der Waals surface area contributed by atoms with E-state index in [9.17, 15) is 0 Å². The summed E-state index contributed by atoms with van der Waals surface area (Å²) in [5, 5.41) is 3.24. The summed E-state index contributed by atoms with van der Waals surface area (Å²) in [5.74, 6) is 0.888. The number of halogens is 1. The molecule has 0 aliphatic carbocycles. The second-order valence-corrected chi connectivity index (χ2v) is 5.16. The van der Waals surface area contributed by atoms with E-state index in [4.69, 9.17) is 14.2 Å². The molecular formula is C15H24BrNO3. The smallest absolute Gasteiger partial charge is 0.133 e. The van der Waals surface area contributed by atoms with Crippen LogP contribution in [-0.4, -0.2) is 46.6 Å². The van der Waals surface area contributed by atoms with E-state index in [0.717, 1.165) is 49.6 Å². The van der Waals surface area contributed by atoms with Gasteiger partial charge in [0.2, 0.25) is 0 Å². The maximum Gasteiger partial charge on any atom is 0.133 e. The second kappa shape index (κ2) is 11.1. The number of nitrogens with one attached hydrogen (secondary N) is 1. The molecule has 0 spiro atoms. The Bertz CT molecular complexity index is 374. The van der Waals surface area contributed by atoms with Gasteiger partial charge in [0.05, 0.1) is 30.9 Å². The van der Waals surface area contributed by atoms with Crippen LogP contribution in [0.2, 0.25) is 0 Å². The van der Waals surface area contributed by atoms with E-state index in [1.807, 2.05) is 13.0 Å². The van der Waals surface area contributed by atoms with Crippen molar-refractivity contribution < 1.29 is 14.2 Å². The van der Waals surface area contributed by atoms with Crippen LogP contribution in [0.3, 0.4) is 0 Å².